The van der Waals surface area contributed by atoms with Gasteiger partial charge in [-0.1, -0.05) is 43.3 Å². The van der Waals surface area contributed by atoms with Crippen LogP contribution < -0.4 is 14.8 Å². The topological polar surface area (TPSA) is 66.5 Å². The van der Waals surface area contributed by atoms with Crippen molar-refractivity contribution >= 4 is 21.8 Å². The second kappa shape index (κ2) is 10.4. The maximum absolute atomic E-state index is 9.74. The van der Waals surface area contributed by atoms with Gasteiger partial charge in [-0.3, -0.25) is 0 Å². The molecule has 0 atom stereocenters. The van der Waals surface area contributed by atoms with Crippen LogP contribution in [0.5, 0.6) is 17.2 Å². The Bertz CT molecular complexity index is 1040. The third-order valence-electron chi connectivity index (χ3n) is 4.54. The summed E-state index contributed by atoms with van der Waals surface area (Å²) in [5.74, 6) is 1.92. The minimum atomic E-state index is 0.333. The van der Waals surface area contributed by atoms with Crippen LogP contribution in [0.15, 0.2) is 66.7 Å². The summed E-state index contributed by atoms with van der Waals surface area (Å²) in [5, 5.41) is 15.0. The lowest BCUT2D eigenvalue weighted by atomic mass is 10.1. The summed E-state index contributed by atoms with van der Waals surface area (Å²) >= 11 is 0. The molecule has 1 heterocycles. The number of nitrogens with one attached hydrogen (secondary N) is 2. The van der Waals surface area contributed by atoms with Gasteiger partial charge in [0.15, 0.2) is 11.5 Å². The van der Waals surface area contributed by atoms with E-state index < -0.39 is 0 Å². The van der Waals surface area contributed by atoms with Crippen molar-refractivity contribution in [1.29, 1.82) is 0 Å². The van der Waals surface area contributed by atoms with Crippen LogP contribution in [-0.2, 0) is 0 Å². The highest BCUT2D eigenvalue weighted by atomic mass is 16.5. The molecule has 0 unspecified atom stereocenters. The number of phenols is 1. The van der Waals surface area contributed by atoms with E-state index in [2.05, 4.69) is 17.2 Å². The van der Waals surface area contributed by atoms with Gasteiger partial charge >= 0.3 is 0 Å². The van der Waals surface area contributed by atoms with Gasteiger partial charge in [0.05, 0.1) is 12.6 Å². The van der Waals surface area contributed by atoms with Gasteiger partial charge < -0.3 is 24.9 Å². The number of rotatable bonds is 7. The molecular formula is C24H28N2O3. The quantitative estimate of drug-likeness (QED) is 0.383. The van der Waals surface area contributed by atoms with E-state index in [-0.39, 0.29) is 0 Å². The van der Waals surface area contributed by atoms with E-state index in [4.69, 9.17) is 9.47 Å². The molecule has 29 heavy (non-hydrogen) atoms. The number of hydrogen-bond donors (Lipinski definition) is 3. The Morgan fingerprint density at radius 1 is 0.862 bits per heavy atom. The number of ether oxygens (including phenoxy) is 2. The lowest BCUT2D eigenvalue weighted by Gasteiger charge is -2.10. The fourth-order valence-electron chi connectivity index (χ4n) is 3.16. The van der Waals surface area contributed by atoms with E-state index in [0.717, 1.165) is 52.8 Å². The van der Waals surface area contributed by atoms with E-state index >= 15 is 0 Å². The molecule has 0 bridgehead atoms. The number of H-pyrrole nitrogens is 1. The van der Waals surface area contributed by atoms with Crippen LogP contribution in [0.4, 0.5) is 0 Å². The molecule has 0 aliphatic carbocycles. The number of benzene rings is 3. The van der Waals surface area contributed by atoms with Gasteiger partial charge in [-0.05, 0) is 43.3 Å². The van der Waals surface area contributed by atoms with Crippen molar-refractivity contribution in [2.75, 3.05) is 26.8 Å². The molecule has 0 fully saturated rings. The number of fused-ring (bicyclic) bond motifs is 3. The Morgan fingerprint density at radius 2 is 1.59 bits per heavy atom. The molecule has 0 amide bonds. The van der Waals surface area contributed by atoms with Gasteiger partial charge in [0.2, 0.25) is 0 Å². The van der Waals surface area contributed by atoms with Crippen molar-refractivity contribution in [3.63, 3.8) is 0 Å². The van der Waals surface area contributed by atoms with Crippen molar-refractivity contribution in [2.45, 2.75) is 13.3 Å². The molecule has 5 heteroatoms. The maximum Gasteiger partial charge on any atom is 0.161 e. The molecular weight excluding hydrogens is 364 g/mol. The summed E-state index contributed by atoms with van der Waals surface area (Å²) < 4.78 is 10.8. The average Bonchev–Trinajstić information content (AvgIpc) is 3.14. The van der Waals surface area contributed by atoms with Crippen LogP contribution in [0.3, 0.4) is 0 Å². The zero-order valence-electron chi connectivity index (χ0n) is 16.9. The number of aromatic amines is 1. The summed E-state index contributed by atoms with van der Waals surface area (Å²) in [6.45, 7) is 4.72. The number of aromatic hydroxyl groups is 1. The largest absolute Gasteiger partial charge is 0.507 e. The Kier molecular flexibility index (Phi) is 7.36. The van der Waals surface area contributed by atoms with Gasteiger partial charge in [0.1, 0.15) is 12.4 Å². The molecule has 1 aromatic heterocycles. The van der Waals surface area contributed by atoms with Crippen molar-refractivity contribution in [3.8, 4) is 17.2 Å². The zero-order chi connectivity index (χ0) is 20.5. The monoisotopic (exact) mass is 392 g/mol. The van der Waals surface area contributed by atoms with Crippen LogP contribution >= 0.6 is 0 Å². The first-order chi connectivity index (χ1) is 14.2. The SMILES string of the molecule is CCCNCCOc1ccccc1OC.Oc1cccc2[nH]c3ccccc3c12. The standard InChI is InChI=1S/C12H19NO2.C12H9NO/c1-3-8-13-9-10-15-12-7-5-4-6-11(12)14-2;14-11-7-3-6-10-12(11)8-4-1-2-5-9(8)13-10/h4-7,13H,3,8-10H2,1-2H3;1-7,13-14H. The third-order valence-corrected chi connectivity index (χ3v) is 4.54. The second-order valence-electron chi connectivity index (χ2n) is 6.62. The number of phenolic OH excluding ortho intramolecular Hbond substituents is 1. The Balaban J connectivity index is 0.000000166. The predicted molar refractivity (Wildman–Crippen MR) is 119 cm³/mol. The minimum Gasteiger partial charge on any atom is -0.507 e. The molecule has 0 saturated carbocycles. The van der Waals surface area contributed by atoms with Gasteiger partial charge in [0, 0.05) is 22.8 Å². The molecule has 152 valence electrons. The number of methoxy groups -OCH3 is 1. The van der Waals surface area contributed by atoms with E-state index in [1.54, 1.807) is 13.2 Å². The van der Waals surface area contributed by atoms with E-state index in [1.807, 2.05) is 60.7 Å². The van der Waals surface area contributed by atoms with Crippen molar-refractivity contribution in [3.05, 3.63) is 66.7 Å². The van der Waals surface area contributed by atoms with Gasteiger partial charge in [-0.25, -0.2) is 0 Å². The lowest BCUT2D eigenvalue weighted by molar-refractivity contribution is 0.292. The highest BCUT2D eigenvalue weighted by molar-refractivity contribution is 6.10. The summed E-state index contributed by atoms with van der Waals surface area (Å²) in [5.41, 5.74) is 2.04. The van der Waals surface area contributed by atoms with Crippen LogP contribution in [0.1, 0.15) is 13.3 Å². The summed E-state index contributed by atoms with van der Waals surface area (Å²) in [7, 11) is 1.65. The summed E-state index contributed by atoms with van der Waals surface area (Å²) in [4.78, 5) is 3.26. The molecule has 0 aliphatic heterocycles. The molecule has 4 aromatic rings. The average molecular weight is 392 g/mol. The van der Waals surface area contributed by atoms with Gasteiger partial charge in [-0.2, -0.15) is 0 Å². The van der Waals surface area contributed by atoms with Crippen LogP contribution in [-0.4, -0.2) is 36.9 Å². The van der Waals surface area contributed by atoms with E-state index in [0.29, 0.717) is 12.4 Å². The van der Waals surface area contributed by atoms with Crippen LogP contribution in [0, 0.1) is 0 Å². The number of para-hydroxylation sites is 3. The molecule has 0 saturated heterocycles. The number of aromatic nitrogens is 1. The molecule has 0 spiro atoms. The highest BCUT2D eigenvalue weighted by Gasteiger charge is 2.06. The molecule has 3 N–H and O–H groups in total. The normalized spacial score (nSPS) is 10.6. The minimum absolute atomic E-state index is 0.333. The van der Waals surface area contributed by atoms with E-state index in [1.165, 1.54) is 0 Å². The Labute approximate surface area is 171 Å². The van der Waals surface area contributed by atoms with Crippen LogP contribution in [0.2, 0.25) is 0 Å². The maximum atomic E-state index is 9.74. The predicted octanol–water partition coefficient (Wildman–Crippen LogP) is 5.10. The third kappa shape index (κ3) is 5.21. The number of hydrogen-bond acceptors (Lipinski definition) is 4. The fraction of sp³-hybridized carbons (Fsp3) is 0.250. The molecule has 3 aromatic carbocycles. The highest BCUT2D eigenvalue weighted by Crippen LogP contribution is 2.31. The lowest BCUT2D eigenvalue weighted by Crippen LogP contribution is -2.21. The van der Waals surface area contributed by atoms with E-state index in [9.17, 15) is 5.11 Å². The molecule has 0 aliphatic rings. The van der Waals surface area contributed by atoms with Gasteiger partial charge in [-0.15, -0.1) is 0 Å². The summed E-state index contributed by atoms with van der Waals surface area (Å²) in [6, 6.07) is 21.2. The Morgan fingerprint density at radius 3 is 2.38 bits per heavy atom. The first-order valence-electron chi connectivity index (χ1n) is 9.89. The molecule has 4 rings (SSSR count). The smallest absolute Gasteiger partial charge is 0.161 e. The molecule has 5 nitrogen and oxygen atoms in total. The zero-order valence-corrected chi connectivity index (χ0v) is 16.9. The first kappa shape index (κ1) is 20.6. The van der Waals surface area contributed by atoms with Crippen molar-refractivity contribution in [1.82, 2.24) is 10.3 Å². The van der Waals surface area contributed by atoms with Crippen LogP contribution in [0.25, 0.3) is 21.8 Å². The first-order valence-corrected chi connectivity index (χ1v) is 9.89. The van der Waals surface area contributed by atoms with Crippen molar-refractivity contribution in [2.24, 2.45) is 0 Å². The van der Waals surface area contributed by atoms with Crippen molar-refractivity contribution < 1.29 is 14.6 Å². The molecule has 0 radical (unpaired) electrons. The summed E-state index contributed by atoms with van der Waals surface area (Å²) in [6.07, 6.45) is 1.15. The van der Waals surface area contributed by atoms with Gasteiger partial charge in [0.25, 0.3) is 0 Å². The second-order valence-corrected chi connectivity index (χ2v) is 6.62. The Hall–Kier alpha value is -3.18. The fourth-order valence-corrected chi connectivity index (χ4v) is 3.16.